The molecule has 2 aliphatic rings. The number of likely N-dealkylation sites (tertiary alicyclic amines) is 1. The maximum atomic E-state index is 12.7. The third kappa shape index (κ3) is 3.28. The van der Waals surface area contributed by atoms with Gasteiger partial charge in [0, 0.05) is 24.3 Å². The van der Waals surface area contributed by atoms with E-state index in [4.69, 9.17) is 0 Å². The Kier molecular flexibility index (Phi) is 4.24. The number of fused-ring (bicyclic) bond motifs is 1. The number of carbonyl (C=O) groups is 2. The molecular weight excluding hydrogens is 314 g/mol. The van der Waals surface area contributed by atoms with E-state index in [1.165, 1.54) is 5.56 Å². The number of carbonyl (C=O) groups excluding carboxylic acids is 2. The van der Waals surface area contributed by atoms with Gasteiger partial charge in [0.1, 0.15) is 0 Å². The van der Waals surface area contributed by atoms with Crippen LogP contribution in [0.4, 0.5) is 5.69 Å². The van der Waals surface area contributed by atoms with Gasteiger partial charge in [0.2, 0.25) is 5.91 Å². The van der Waals surface area contributed by atoms with Crippen molar-refractivity contribution >= 4 is 17.5 Å². The Morgan fingerprint density at radius 3 is 2.88 bits per heavy atom. The Morgan fingerprint density at radius 1 is 1.20 bits per heavy atom. The van der Waals surface area contributed by atoms with Crippen LogP contribution < -0.4 is 10.6 Å². The van der Waals surface area contributed by atoms with Crippen molar-refractivity contribution in [1.29, 1.82) is 0 Å². The Morgan fingerprint density at radius 2 is 2.04 bits per heavy atom. The van der Waals surface area contributed by atoms with E-state index in [0.717, 1.165) is 31.5 Å². The zero-order valence-corrected chi connectivity index (χ0v) is 14.0. The molecule has 4 rings (SSSR count). The van der Waals surface area contributed by atoms with Crippen LogP contribution in [0, 0.1) is 0 Å². The molecule has 2 aromatic rings. The van der Waals surface area contributed by atoms with E-state index in [1.54, 1.807) is 6.07 Å². The summed E-state index contributed by atoms with van der Waals surface area (Å²) in [6, 6.07) is 15.6. The van der Waals surface area contributed by atoms with Gasteiger partial charge >= 0.3 is 0 Å². The number of benzene rings is 2. The first-order valence-electron chi connectivity index (χ1n) is 8.71. The fraction of sp³-hybridized carbons (Fsp3) is 0.300. The summed E-state index contributed by atoms with van der Waals surface area (Å²) in [7, 11) is 0. The highest BCUT2D eigenvalue weighted by atomic mass is 16.2. The molecule has 2 amide bonds. The van der Waals surface area contributed by atoms with E-state index in [-0.39, 0.29) is 17.9 Å². The number of hydrogen-bond acceptors (Lipinski definition) is 3. The molecule has 0 aliphatic carbocycles. The molecule has 0 radical (unpaired) electrons. The second-order valence-electron chi connectivity index (χ2n) is 6.66. The lowest BCUT2D eigenvalue weighted by Crippen LogP contribution is -2.39. The minimum Gasteiger partial charge on any atom is -0.348 e. The lowest BCUT2D eigenvalue weighted by molar-refractivity contribution is -0.120. The van der Waals surface area contributed by atoms with Crippen LogP contribution in [0.2, 0.25) is 0 Å². The van der Waals surface area contributed by atoms with Crippen molar-refractivity contribution in [3.05, 3.63) is 65.2 Å². The predicted octanol–water partition coefficient (Wildman–Crippen LogP) is 2.53. The summed E-state index contributed by atoms with van der Waals surface area (Å²) in [5, 5.41) is 5.78. The Balaban J connectivity index is 1.45. The topological polar surface area (TPSA) is 61.4 Å². The number of nitrogens with one attached hydrogen (secondary N) is 2. The minimum absolute atomic E-state index is 0.00628. The summed E-state index contributed by atoms with van der Waals surface area (Å²) in [6.45, 7) is 2.28. The molecule has 25 heavy (non-hydrogen) atoms. The molecule has 1 unspecified atom stereocenters. The van der Waals surface area contributed by atoms with Gasteiger partial charge in [-0.25, -0.2) is 0 Å². The molecule has 0 spiro atoms. The van der Waals surface area contributed by atoms with Crippen LogP contribution in [-0.4, -0.2) is 29.3 Å². The van der Waals surface area contributed by atoms with Gasteiger partial charge < -0.3 is 10.6 Å². The summed E-state index contributed by atoms with van der Waals surface area (Å²) in [4.78, 5) is 26.8. The first-order valence-corrected chi connectivity index (χ1v) is 8.71. The molecule has 0 saturated carbocycles. The van der Waals surface area contributed by atoms with Gasteiger partial charge in [0.05, 0.1) is 6.04 Å². The number of rotatable bonds is 4. The Hall–Kier alpha value is -2.66. The fourth-order valence-corrected chi connectivity index (χ4v) is 3.65. The predicted molar refractivity (Wildman–Crippen MR) is 96.1 cm³/mol. The van der Waals surface area contributed by atoms with Crippen LogP contribution in [0.5, 0.6) is 0 Å². The maximum Gasteiger partial charge on any atom is 0.251 e. The van der Waals surface area contributed by atoms with Crippen molar-refractivity contribution in [3.8, 4) is 0 Å². The SMILES string of the molecule is O=C1NCc2ccc(NC(=O)C3CCCN3Cc3ccccc3)cc21. The second kappa shape index (κ2) is 6.69. The van der Waals surface area contributed by atoms with Gasteiger partial charge in [-0.2, -0.15) is 0 Å². The second-order valence-corrected chi connectivity index (χ2v) is 6.66. The van der Waals surface area contributed by atoms with Gasteiger partial charge in [-0.05, 0) is 42.6 Å². The number of hydrogen-bond donors (Lipinski definition) is 2. The molecule has 5 nitrogen and oxygen atoms in total. The van der Waals surface area contributed by atoms with Gasteiger partial charge in [0.15, 0.2) is 0 Å². The molecule has 2 aromatic carbocycles. The summed E-state index contributed by atoms with van der Waals surface area (Å²) in [6.07, 6.45) is 1.89. The molecular formula is C20H21N3O2. The third-order valence-electron chi connectivity index (χ3n) is 4.96. The third-order valence-corrected chi connectivity index (χ3v) is 4.96. The van der Waals surface area contributed by atoms with E-state index in [2.05, 4.69) is 27.7 Å². The average Bonchev–Trinajstić information content (AvgIpc) is 3.23. The van der Waals surface area contributed by atoms with Crippen LogP contribution in [0.1, 0.15) is 34.3 Å². The van der Waals surface area contributed by atoms with Crippen molar-refractivity contribution in [2.24, 2.45) is 0 Å². The van der Waals surface area contributed by atoms with Crippen LogP contribution in [0.25, 0.3) is 0 Å². The van der Waals surface area contributed by atoms with E-state index >= 15 is 0 Å². The smallest absolute Gasteiger partial charge is 0.251 e. The molecule has 0 aromatic heterocycles. The molecule has 1 fully saturated rings. The van der Waals surface area contributed by atoms with Crippen LogP contribution in [0.15, 0.2) is 48.5 Å². The highest BCUT2D eigenvalue weighted by molar-refractivity contribution is 6.01. The standard InChI is InChI=1S/C20H21N3O2/c24-19-17-11-16(9-8-15(17)12-21-19)22-20(25)18-7-4-10-23(18)13-14-5-2-1-3-6-14/h1-3,5-6,8-9,11,18H,4,7,10,12-13H2,(H,21,24)(H,22,25). The van der Waals surface area contributed by atoms with Crippen LogP contribution in [-0.2, 0) is 17.9 Å². The largest absolute Gasteiger partial charge is 0.348 e. The van der Waals surface area contributed by atoms with Crippen LogP contribution >= 0.6 is 0 Å². The van der Waals surface area contributed by atoms with Crippen molar-refractivity contribution in [3.63, 3.8) is 0 Å². The van der Waals surface area contributed by atoms with Gasteiger partial charge in [-0.15, -0.1) is 0 Å². The molecule has 2 aliphatic heterocycles. The van der Waals surface area contributed by atoms with Crippen LogP contribution in [0.3, 0.4) is 0 Å². The highest BCUT2D eigenvalue weighted by Crippen LogP contribution is 2.24. The van der Waals surface area contributed by atoms with E-state index in [0.29, 0.717) is 17.8 Å². The quantitative estimate of drug-likeness (QED) is 0.903. The van der Waals surface area contributed by atoms with Crippen molar-refractivity contribution in [2.45, 2.75) is 32.0 Å². The minimum atomic E-state index is -0.123. The molecule has 1 atom stereocenters. The number of anilines is 1. The van der Waals surface area contributed by atoms with Crippen molar-refractivity contribution < 1.29 is 9.59 Å². The highest BCUT2D eigenvalue weighted by Gasteiger charge is 2.31. The molecule has 0 bridgehead atoms. The first kappa shape index (κ1) is 15.8. The molecule has 5 heteroatoms. The van der Waals surface area contributed by atoms with E-state index < -0.39 is 0 Å². The number of amides is 2. The molecule has 128 valence electrons. The fourth-order valence-electron chi connectivity index (χ4n) is 3.65. The summed E-state index contributed by atoms with van der Waals surface area (Å²) < 4.78 is 0. The van der Waals surface area contributed by atoms with Crippen molar-refractivity contribution in [1.82, 2.24) is 10.2 Å². The monoisotopic (exact) mass is 335 g/mol. The normalized spacial score (nSPS) is 19.5. The Labute approximate surface area is 147 Å². The van der Waals surface area contributed by atoms with Crippen molar-refractivity contribution in [2.75, 3.05) is 11.9 Å². The lowest BCUT2D eigenvalue weighted by atomic mass is 10.1. The van der Waals surface area contributed by atoms with Gasteiger partial charge in [-0.1, -0.05) is 36.4 Å². The summed E-state index contributed by atoms with van der Waals surface area (Å²) in [5.41, 5.74) is 3.55. The van der Waals surface area contributed by atoms with Gasteiger partial charge in [0.25, 0.3) is 5.91 Å². The molecule has 1 saturated heterocycles. The maximum absolute atomic E-state index is 12.7. The summed E-state index contributed by atoms with van der Waals surface area (Å²) in [5.74, 6) is -0.0653. The van der Waals surface area contributed by atoms with Gasteiger partial charge in [-0.3, -0.25) is 14.5 Å². The Bertz CT molecular complexity index is 804. The van der Waals surface area contributed by atoms with E-state index in [1.807, 2.05) is 30.3 Å². The first-order chi connectivity index (χ1) is 12.2. The number of nitrogens with zero attached hydrogens (tertiary/aromatic N) is 1. The lowest BCUT2D eigenvalue weighted by Gasteiger charge is -2.23. The summed E-state index contributed by atoms with van der Waals surface area (Å²) >= 11 is 0. The zero-order valence-electron chi connectivity index (χ0n) is 14.0. The molecule has 2 N–H and O–H groups in total. The van der Waals surface area contributed by atoms with E-state index in [9.17, 15) is 9.59 Å². The molecule has 2 heterocycles. The average molecular weight is 335 g/mol. The zero-order chi connectivity index (χ0) is 17.2.